The van der Waals surface area contributed by atoms with Gasteiger partial charge < -0.3 is 14.6 Å². The Bertz CT molecular complexity index is 1270. The highest BCUT2D eigenvalue weighted by molar-refractivity contribution is 5.91. The van der Waals surface area contributed by atoms with E-state index in [0.717, 1.165) is 36.3 Å². The fraction of sp³-hybridized carbons (Fsp3) is 0.185. The fourth-order valence-electron chi connectivity index (χ4n) is 4.16. The van der Waals surface area contributed by atoms with Crippen LogP contribution in [0, 0.1) is 5.82 Å². The van der Waals surface area contributed by atoms with Crippen LogP contribution in [-0.4, -0.2) is 17.4 Å². The van der Waals surface area contributed by atoms with Gasteiger partial charge in [0.15, 0.2) is 11.7 Å². The summed E-state index contributed by atoms with van der Waals surface area (Å²) in [5.41, 5.74) is 5.28. The summed E-state index contributed by atoms with van der Waals surface area (Å²) in [6.45, 7) is 1.72. The topological polar surface area (TPSA) is 58.4 Å². The summed E-state index contributed by atoms with van der Waals surface area (Å²) >= 11 is 0. The third-order valence-corrected chi connectivity index (χ3v) is 5.88. The number of amides is 1. The van der Waals surface area contributed by atoms with Gasteiger partial charge in [0.25, 0.3) is 0 Å². The van der Waals surface area contributed by atoms with Crippen LogP contribution in [0.2, 0.25) is 0 Å². The molecule has 2 heterocycles. The first-order chi connectivity index (χ1) is 16.2. The van der Waals surface area contributed by atoms with Gasteiger partial charge in [-0.15, -0.1) is 0 Å². The second-order valence-electron chi connectivity index (χ2n) is 8.13. The highest BCUT2D eigenvalue weighted by Crippen LogP contribution is 2.30. The van der Waals surface area contributed by atoms with Crippen LogP contribution in [0.25, 0.3) is 11.3 Å². The fourth-order valence-corrected chi connectivity index (χ4v) is 4.16. The number of carbonyl (C=O) groups excluding carboxylic acids is 1. The van der Waals surface area contributed by atoms with Crippen LogP contribution in [0.1, 0.15) is 23.4 Å². The van der Waals surface area contributed by atoms with E-state index in [4.69, 9.17) is 4.42 Å². The van der Waals surface area contributed by atoms with Crippen LogP contribution in [-0.2, 0) is 24.2 Å². The normalized spacial score (nSPS) is 12.6. The van der Waals surface area contributed by atoms with Gasteiger partial charge in [-0.3, -0.25) is 4.79 Å². The molecule has 1 aliphatic heterocycles. The number of benzene rings is 3. The molecule has 5 nitrogen and oxygen atoms in total. The quantitative estimate of drug-likeness (QED) is 0.405. The average molecular weight is 442 g/mol. The van der Waals surface area contributed by atoms with Crippen LogP contribution in [0.15, 0.2) is 83.4 Å². The van der Waals surface area contributed by atoms with E-state index in [0.29, 0.717) is 18.1 Å². The SMILES string of the molecule is O=C(CCc1ncc(-c2ccc(F)cc2)o1)Nc1ccccc1CN1CCc2ccccc21. The molecule has 6 heteroatoms. The zero-order valence-corrected chi connectivity index (χ0v) is 18.1. The monoisotopic (exact) mass is 441 g/mol. The molecule has 166 valence electrons. The average Bonchev–Trinajstić information content (AvgIpc) is 3.47. The number of aryl methyl sites for hydroxylation is 1. The Balaban J connectivity index is 1.20. The molecule has 4 aromatic rings. The molecule has 0 atom stereocenters. The molecular weight excluding hydrogens is 417 g/mol. The Morgan fingerprint density at radius 3 is 2.70 bits per heavy atom. The minimum Gasteiger partial charge on any atom is -0.441 e. The van der Waals surface area contributed by atoms with Crippen molar-refractivity contribution in [2.24, 2.45) is 0 Å². The van der Waals surface area contributed by atoms with Crippen molar-refractivity contribution in [1.82, 2.24) is 4.98 Å². The van der Waals surface area contributed by atoms with Crippen LogP contribution in [0.5, 0.6) is 0 Å². The lowest BCUT2D eigenvalue weighted by molar-refractivity contribution is -0.116. The summed E-state index contributed by atoms with van der Waals surface area (Å²) < 4.78 is 18.8. The van der Waals surface area contributed by atoms with Crippen LogP contribution < -0.4 is 10.2 Å². The summed E-state index contributed by atoms with van der Waals surface area (Å²) in [7, 11) is 0. The van der Waals surface area contributed by atoms with Gasteiger partial charge >= 0.3 is 0 Å². The Hall–Kier alpha value is -3.93. The molecule has 0 radical (unpaired) electrons. The van der Waals surface area contributed by atoms with Gasteiger partial charge in [-0.1, -0.05) is 36.4 Å². The van der Waals surface area contributed by atoms with Crippen molar-refractivity contribution in [2.45, 2.75) is 25.8 Å². The summed E-state index contributed by atoms with van der Waals surface area (Å²) in [5, 5.41) is 3.05. The van der Waals surface area contributed by atoms with Crippen LogP contribution >= 0.6 is 0 Å². The molecule has 0 saturated carbocycles. The van der Waals surface area contributed by atoms with E-state index in [1.165, 1.54) is 23.4 Å². The minimum absolute atomic E-state index is 0.0918. The van der Waals surface area contributed by atoms with Crippen molar-refractivity contribution in [3.8, 4) is 11.3 Å². The lowest BCUT2D eigenvalue weighted by Gasteiger charge is -2.21. The molecule has 1 amide bonds. The summed E-state index contributed by atoms with van der Waals surface area (Å²) in [6, 6.07) is 22.4. The third-order valence-electron chi connectivity index (χ3n) is 5.88. The van der Waals surface area contributed by atoms with Gasteiger partial charge in [0.2, 0.25) is 5.91 Å². The second-order valence-corrected chi connectivity index (χ2v) is 8.13. The van der Waals surface area contributed by atoms with Crippen molar-refractivity contribution in [3.63, 3.8) is 0 Å². The molecule has 0 unspecified atom stereocenters. The van der Waals surface area contributed by atoms with Gasteiger partial charge in [0.1, 0.15) is 5.82 Å². The van der Waals surface area contributed by atoms with E-state index >= 15 is 0 Å². The molecule has 0 spiro atoms. The number of nitrogens with one attached hydrogen (secondary N) is 1. The molecule has 33 heavy (non-hydrogen) atoms. The van der Waals surface area contributed by atoms with E-state index in [1.807, 2.05) is 18.2 Å². The van der Waals surface area contributed by atoms with Gasteiger partial charge in [0.05, 0.1) is 6.20 Å². The Morgan fingerprint density at radius 1 is 1.03 bits per heavy atom. The number of halogens is 1. The molecule has 0 aliphatic carbocycles. The maximum absolute atomic E-state index is 13.1. The molecule has 5 rings (SSSR count). The van der Waals surface area contributed by atoms with E-state index in [-0.39, 0.29) is 18.1 Å². The molecule has 1 aliphatic rings. The molecular formula is C27H24FN3O2. The predicted molar refractivity (Wildman–Crippen MR) is 126 cm³/mol. The Kier molecular flexibility index (Phi) is 5.89. The first-order valence-electron chi connectivity index (χ1n) is 11.1. The lowest BCUT2D eigenvalue weighted by atomic mass is 10.1. The number of para-hydroxylation sites is 2. The molecule has 3 aromatic carbocycles. The standard InChI is InChI=1S/C27H24FN3O2/c28-22-11-9-20(10-12-22)25-17-29-27(33-25)14-13-26(32)30-23-7-3-1-6-21(23)18-31-16-15-19-5-2-4-8-24(19)31/h1-12,17H,13-16,18H2,(H,30,32). The molecule has 0 bridgehead atoms. The van der Waals surface area contributed by atoms with Crippen molar-refractivity contribution >= 4 is 17.3 Å². The number of hydrogen-bond donors (Lipinski definition) is 1. The number of rotatable bonds is 7. The van der Waals surface area contributed by atoms with Gasteiger partial charge in [-0.05, 0) is 53.9 Å². The predicted octanol–water partition coefficient (Wildman–Crippen LogP) is 5.61. The zero-order chi connectivity index (χ0) is 22.6. The first kappa shape index (κ1) is 20.9. The summed E-state index contributed by atoms with van der Waals surface area (Å²) in [4.78, 5) is 19.3. The van der Waals surface area contributed by atoms with E-state index in [1.54, 1.807) is 18.3 Å². The van der Waals surface area contributed by atoms with Crippen LogP contribution in [0.3, 0.4) is 0 Å². The van der Waals surface area contributed by atoms with Gasteiger partial charge in [-0.25, -0.2) is 9.37 Å². The first-order valence-corrected chi connectivity index (χ1v) is 11.1. The van der Waals surface area contributed by atoms with Crippen molar-refractivity contribution in [2.75, 3.05) is 16.8 Å². The lowest BCUT2D eigenvalue weighted by Crippen LogP contribution is -2.21. The Labute approximate surface area is 191 Å². The number of carbonyl (C=O) groups is 1. The van der Waals surface area contributed by atoms with E-state index in [2.05, 4.69) is 45.5 Å². The maximum Gasteiger partial charge on any atom is 0.224 e. The molecule has 0 fully saturated rings. The number of fused-ring (bicyclic) bond motifs is 1. The van der Waals surface area contributed by atoms with Gasteiger partial charge in [-0.2, -0.15) is 0 Å². The second kappa shape index (κ2) is 9.28. The largest absolute Gasteiger partial charge is 0.441 e. The van der Waals surface area contributed by atoms with Crippen molar-refractivity contribution in [3.05, 3.63) is 102 Å². The highest BCUT2D eigenvalue weighted by atomic mass is 19.1. The summed E-state index contributed by atoms with van der Waals surface area (Å²) in [5.74, 6) is 0.642. The van der Waals surface area contributed by atoms with Gasteiger partial charge in [0, 0.05) is 42.9 Å². The third kappa shape index (κ3) is 4.80. The number of aromatic nitrogens is 1. The number of oxazole rings is 1. The Morgan fingerprint density at radius 2 is 1.82 bits per heavy atom. The summed E-state index contributed by atoms with van der Waals surface area (Å²) in [6.07, 6.45) is 3.28. The van der Waals surface area contributed by atoms with Crippen molar-refractivity contribution in [1.29, 1.82) is 0 Å². The number of hydrogen-bond acceptors (Lipinski definition) is 4. The highest BCUT2D eigenvalue weighted by Gasteiger charge is 2.19. The smallest absolute Gasteiger partial charge is 0.224 e. The van der Waals surface area contributed by atoms with E-state index in [9.17, 15) is 9.18 Å². The zero-order valence-electron chi connectivity index (χ0n) is 18.1. The minimum atomic E-state index is -0.301. The number of nitrogens with zero attached hydrogens (tertiary/aromatic N) is 2. The van der Waals surface area contributed by atoms with Crippen LogP contribution in [0.4, 0.5) is 15.8 Å². The van der Waals surface area contributed by atoms with Crippen molar-refractivity contribution < 1.29 is 13.6 Å². The van der Waals surface area contributed by atoms with E-state index < -0.39 is 0 Å². The maximum atomic E-state index is 13.1. The number of anilines is 2. The molecule has 1 N–H and O–H groups in total. The molecule has 1 aromatic heterocycles. The molecule has 0 saturated heterocycles.